The molecule has 2 nitrogen and oxygen atoms in total. The molecule has 0 aromatic heterocycles. The zero-order valence-electron chi connectivity index (χ0n) is 10.0. The SMILES string of the molecule is CCC(O)CC(CC)C(O)C(C)CC. The topological polar surface area (TPSA) is 40.5 Å². The standard InChI is InChI=1S/C12H26O2/c1-5-9(4)12(14)10(6-2)8-11(13)7-3/h9-14H,5-8H2,1-4H3. The first-order valence-electron chi connectivity index (χ1n) is 5.92. The van der Waals surface area contributed by atoms with Crippen LogP contribution in [0.2, 0.25) is 0 Å². The van der Waals surface area contributed by atoms with Gasteiger partial charge in [0.2, 0.25) is 0 Å². The Labute approximate surface area is 88.3 Å². The van der Waals surface area contributed by atoms with Crippen LogP contribution in [0.3, 0.4) is 0 Å². The molecule has 0 aliphatic rings. The van der Waals surface area contributed by atoms with E-state index in [1.807, 2.05) is 6.92 Å². The molecule has 2 N–H and O–H groups in total. The largest absolute Gasteiger partial charge is 0.393 e. The maximum absolute atomic E-state index is 10.0. The van der Waals surface area contributed by atoms with Gasteiger partial charge < -0.3 is 10.2 Å². The van der Waals surface area contributed by atoms with Crippen molar-refractivity contribution < 1.29 is 10.2 Å². The monoisotopic (exact) mass is 202 g/mol. The van der Waals surface area contributed by atoms with Gasteiger partial charge in [-0.05, 0) is 24.7 Å². The molecule has 0 saturated carbocycles. The summed E-state index contributed by atoms with van der Waals surface area (Å²) < 4.78 is 0. The Bertz CT molecular complexity index is 136. The van der Waals surface area contributed by atoms with Crippen LogP contribution in [0.25, 0.3) is 0 Å². The minimum absolute atomic E-state index is 0.250. The fraction of sp³-hybridized carbons (Fsp3) is 1.00. The Kier molecular flexibility index (Phi) is 7.20. The van der Waals surface area contributed by atoms with E-state index in [4.69, 9.17) is 0 Å². The molecule has 0 aliphatic carbocycles. The van der Waals surface area contributed by atoms with Gasteiger partial charge in [0.1, 0.15) is 0 Å². The molecule has 0 aromatic carbocycles. The highest BCUT2D eigenvalue weighted by atomic mass is 16.3. The predicted molar refractivity (Wildman–Crippen MR) is 60.2 cm³/mol. The van der Waals surface area contributed by atoms with Crippen LogP contribution < -0.4 is 0 Å². The van der Waals surface area contributed by atoms with Gasteiger partial charge in [-0.2, -0.15) is 0 Å². The lowest BCUT2D eigenvalue weighted by Gasteiger charge is -2.27. The molecular formula is C12H26O2. The minimum Gasteiger partial charge on any atom is -0.393 e. The quantitative estimate of drug-likeness (QED) is 0.666. The van der Waals surface area contributed by atoms with Gasteiger partial charge in [-0.25, -0.2) is 0 Å². The molecule has 14 heavy (non-hydrogen) atoms. The summed E-state index contributed by atoms with van der Waals surface area (Å²) in [6.07, 6.45) is 2.95. The normalized spacial score (nSPS) is 20.1. The van der Waals surface area contributed by atoms with E-state index in [2.05, 4.69) is 20.8 Å². The van der Waals surface area contributed by atoms with E-state index >= 15 is 0 Å². The van der Waals surface area contributed by atoms with Gasteiger partial charge in [-0.3, -0.25) is 0 Å². The summed E-state index contributed by atoms with van der Waals surface area (Å²) in [5.41, 5.74) is 0. The number of hydrogen-bond donors (Lipinski definition) is 2. The molecule has 86 valence electrons. The van der Waals surface area contributed by atoms with Crippen LogP contribution >= 0.6 is 0 Å². The maximum Gasteiger partial charge on any atom is 0.0594 e. The lowest BCUT2D eigenvalue weighted by molar-refractivity contribution is 0.0236. The van der Waals surface area contributed by atoms with E-state index in [-0.39, 0.29) is 18.1 Å². The molecule has 4 unspecified atom stereocenters. The molecule has 0 aromatic rings. The zero-order chi connectivity index (χ0) is 11.1. The van der Waals surface area contributed by atoms with Gasteiger partial charge in [-0.15, -0.1) is 0 Å². The van der Waals surface area contributed by atoms with Gasteiger partial charge in [0.25, 0.3) is 0 Å². The molecule has 0 rings (SSSR count). The van der Waals surface area contributed by atoms with Gasteiger partial charge >= 0.3 is 0 Å². The third-order valence-electron chi connectivity index (χ3n) is 3.28. The van der Waals surface area contributed by atoms with Crippen molar-refractivity contribution in [2.45, 2.75) is 65.6 Å². The smallest absolute Gasteiger partial charge is 0.0594 e. The number of hydrogen-bond acceptors (Lipinski definition) is 2. The first-order chi connectivity index (χ1) is 6.56. The molecule has 0 amide bonds. The Morgan fingerprint density at radius 1 is 0.929 bits per heavy atom. The molecule has 0 bridgehead atoms. The summed E-state index contributed by atoms with van der Waals surface area (Å²) in [6.45, 7) is 8.23. The van der Waals surface area contributed by atoms with E-state index in [1.165, 1.54) is 0 Å². The van der Waals surface area contributed by atoms with Crippen LogP contribution in [0.4, 0.5) is 0 Å². The van der Waals surface area contributed by atoms with Crippen molar-refractivity contribution in [3.05, 3.63) is 0 Å². The van der Waals surface area contributed by atoms with E-state index in [0.717, 1.165) is 25.7 Å². The average molecular weight is 202 g/mol. The highest BCUT2D eigenvalue weighted by Crippen LogP contribution is 2.23. The number of rotatable bonds is 7. The Hall–Kier alpha value is -0.0800. The van der Waals surface area contributed by atoms with Crippen molar-refractivity contribution in [1.29, 1.82) is 0 Å². The van der Waals surface area contributed by atoms with Gasteiger partial charge in [0, 0.05) is 0 Å². The van der Waals surface area contributed by atoms with Crippen LogP contribution in [-0.4, -0.2) is 22.4 Å². The van der Waals surface area contributed by atoms with Crippen molar-refractivity contribution in [2.24, 2.45) is 11.8 Å². The zero-order valence-corrected chi connectivity index (χ0v) is 10.0. The fourth-order valence-electron chi connectivity index (χ4n) is 1.77. The molecule has 0 radical (unpaired) electrons. The number of aliphatic hydroxyl groups excluding tert-OH is 2. The number of aliphatic hydroxyl groups is 2. The molecule has 0 heterocycles. The predicted octanol–water partition coefficient (Wildman–Crippen LogP) is 2.58. The average Bonchev–Trinajstić information content (AvgIpc) is 2.23. The molecule has 2 heteroatoms. The van der Waals surface area contributed by atoms with Crippen LogP contribution in [0.1, 0.15) is 53.4 Å². The molecule has 0 aliphatic heterocycles. The minimum atomic E-state index is -0.258. The fourth-order valence-corrected chi connectivity index (χ4v) is 1.77. The van der Waals surface area contributed by atoms with E-state index < -0.39 is 0 Å². The molecule has 0 saturated heterocycles. The second kappa shape index (κ2) is 7.24. The Balaban J connectivity index is 4.11. The maximum atomic E-state index is 10.0. The van der Waals surface area contributed by atoms with E-state index in [1.54, 1.807) is 0 Å². The van der Waals surface area contributed by atoms with Gasteiger partial charge in [0.15, 0.2) is 0 Å². The first kappa shape index (κ1) is 13.9. The summed E-state index contributed by atoms with van der Waals surface area (Å²) in [7, 11) is 0. The molecular weight excluding hydrogens is 176 g/mol. The summed E-state index contributed by atoms with van der Waals surface area (Å²) in [5, 5.41) is 19.6. The van der Waals surface area contributed by atoms with Gasteiger partial charge in [-0.1, -0.05) is 40.5 Å². The lowest BCUT2D eigenvalue weighted by atomic mass is 9.84. The van der Waals surface area contributed by atoms with Crippen molar-refractivity contribution in [3.8, 4) is 0 Å². The van der Waals surface area contributed by atoms with Gasteiger partial charge in [0.05, 0.1) is 12.2 Å². The van der Waals surface area contributed by atoms with Crippen molar-refractivity contribution in [2.75, 3.05) is 0 Å². The van der Waals surface area contributed by atoms with Crippen LogP contribution in [0.15, 0.2) is 0 Å². The summed E-state index contributed by atoms with van der Waals surface area (Å²) in [5.74, 6) is 0.587. The highest BCUT2D eigenvalue weighted by molar-refractivity contribution is 4.74. The first-order valence-corrected chi connectivity index (χ1v) is 5.92. The molecule has 0 spiro atoms. The summed E-state index contributed by atoms with van der Waals surface area (Å²) in [6, 6.07) is 0. The molecule has 4 atom stereocenters. The summed E-state index contributed by atoms with van der Waals surface area (Å²) >= 11 is 0. The van der Waals surface area contributed by atoms with Crippen LogP contribution in [-0.2, 0) is 0 Å². The Morgan fingerprint density at radius 3 is 1.86 bits per heavy atom. The third kappa shape index (κ3) is 4.43. The Morgan fingerprint density at radius 2 is 1.50 bits per heavy atom. The van der Waals surface area contributed by atoms with Crippen LogP contribution in [0, 0.1) is 11.8 Å². The molecule has 0 fully saturated rings. The van der Waals surface area contributed by atoms with Crippen molar-refractivity contribution >= 4 is 0 Å². The van der Waals surface area contributed by atoms with Crippen LogP contribution in [0.5, 0.6) is 0 Å². The van der Waals surface area contributed by atoms with Crippen molar-refractivity contribution in [1.82, 2.24) is 0 Å². The van der Waals surface area contributed by atoms with E-state index in [0.29, 0.717) is 5.92 Å². The highest BCUT2D eigenvalue weighted by Gasteiger charge is 2.23. The second-order valence-electron chi connectivity index (χ2n) is 4.34. The summed E-state index contributed by atoms with van der Waals surface area (Å²) in [4.78, 5) is 0. The third-order valence-corrected chi connectivity index (χ3v) is 3.28. The lowest BCUT2D eigenvalue weighted by Crippen LogP contribution is -2.29. The van der Waals surface area contributed by atoms with E-state index in [9.17, 15) is 10.2 Å². The second-order valence-corrected chi connectivity index (χ2v) is 4.34. The van der Waals surface area contributed by atoms with Crippen molar-refractivity contribution in [3.63, 3.8) is 0 Å².